The maximum Gasteiger partial charge on any atom is 0.269 e. The SMILES string of the molecule is CC1CCOC(C)(c2ccc([N+](=O)[O-])cc2)O1. The molecule has 2 unspecified atom stereocenters. The van der Waals surface area contributed by atoms with Gasteiger partial charge < -0.3 is 9.47 Å². The van der Waals surface area contributed by atoms with Crippen LogP contribution in [0, 0.1) is 10.1 Å². The maximum absolute atomic E-state index is 10.6. The molecule has 0 aromatic heterocycles. The summed E-state index contributed by atoms with van der Waals surface area (Å²) in [5.41, 5.74) is 0.871. The zero-order chi connectivity index (χ0) is 12.5. The molecule has 1 saturated heterocycles. The molecule has 0 spiro atoms. The molecule has 2 atom stereocenters. The Kier molecular flexibility index (Phi) is 3.13. The predicted molar refractivity (Wildman–Crippen MR) is 61.6 cm³/mol. The van der Waals surface area contributed by atoms with E-state index in [1.54, 1.807) is 12.1 Å². The van der Waals surface area contributed by atoms with Crippen LogP contribution < -0.4 is 0 Å². The minimum Gasteiger partial charge on any atom is -0.346 e. The van der Waals surface area contributed by atoms with Crippen LogP contribution in [-0.2, 0) is 15.3 Å². The highest BCUT2D eigenvalue weighted by Gasteiger charge is 2.34. The van der Waals surface area contributed by atoms with Gasteiger partial charge in [0.25, 0.3) is 5.69 Å². The van der Waals surface area contributed by atoms with Crippen molar-refractivity contribution >= 4 is 5.69 Å². The van der Waals surface area contributed by atoms with Crippen LogP contribution in [0.4, 0.5) is 5.69 Å². The highest BCUT2D eigenvalue weighted by atomic mass is 16.7. The van der Waals surface area contributed by atoms with E-state index in [-0.39, 0.29) is 11.8 Å². The van der Waals surface area contributed by atoms with Crippen LogP contribution in [0.5, 0.6) is 0 Å². The van der Waals surface area contributed by atoms with Crippen molar-refractivity contribution in [3.8, 4) is 0 Å². The summed E-state index contributed by atoms with van der Waals surface area (Å²) in [7, 11) is 0. The van der Waals surface area contributed by atoms with Crippen LogP contribution in [0.3, 0.4) is 0 Å². The molecule has 5 nitrogen and oxygen atoms in total. The van der Waals surface area contributed by atoms with E-state index in [0.717, 1.165) is 12.0 Å². The Morgan fingerprint density at radius 2 is 2.06 bits per heavy atom. The molecule has 0 N–H and O–H groups in total. The van der Waals surface area contributed by atoms with Crippen molar-refractivity contribution < 1.29 is 14.4 Å². The van der Waals surface area contributed by atoms with Crippen molar-refractivity contribution in [2.24, 2.45) is 0 Å². The molecule has 1 heterocycles. The lowest BCUT2D eigenvalue weighted by atomic mass is 10.1. The van der Waals surface area contributed by atoms with Gasteiger partial charge in [0.15, 0.2) is 5.79 Å². The fraction of sp³-hybridized carbons (Fsp3) is 0.500. The van der Waals surface area contributed by atoms with Crippen molar-refractivity contribution in [3.05, 3.63) is 39.9 Å². The van der Waals surface area contributed by atoms with E-state index < -0.39 is 10.7 Å². The number of hydrogen-bond acceptors (Lipinski definition) is 4. The van der Waals surface area contributed by atoms with E-state index in [0.29, 0.717) is 6.61 Å². The largest absolute Gasteiger partial charge is 0.346 e. The first-order valence-electron chi connectivity index (χ1n) is 5.58. The molecule has 0 amide bonds. The van der Waals surface area contributed by atoms with Gasteiger partial charge in [-0.15, -0.1) is 0 Å². The van der Waals surface area contributed by atoms with Crippen LogP contribution in [-0.4, -0.2) is 17.6 Å². The topological polar surface area (TPSA) is 61.6 Å². The quantitative estimate of drug-likeness (QED) is 0.586. The van der Waals surface area contributed by atoms with Crippen molar-refractivity contribution in [1.82, 2.24) is 0 Å². The smallest absolute Gasteiger partial charge is 0.269 e. The summed E-state index contributed by atoms with van der Waals surface area (Å²) in [6.45, 7) is 4.46. The van der Waals surface area contributed by atoms with Gasteiger partial charge in [0.2, 0.25) is 0 Å². The molecule has 5 heteroatoms. The summed E-state index contributed by atoms with van der Waals surface area (Å²) in [5, 5.41) is 10.6. The maximum atomic E-state index is 10.6. The van der Waals surface area contributed by atoms with Crippen LogP contribution in [0.2, 0.25) is 0 Å². The predicted octanol–water partition coefficient (Wildman–Crippen LogP) is 2.59. The molecular formula is C12H15NO4. The summed E-state index contributed by atoms with van der Waals surface area (Å²) >= 11 is 0. The fourth-order valence-electron chi connectivity index (χ4n) is 1.93. The molecule has 2 rings (SSSR count). The van der Waals surface area contributed by atoms with Gasteiger partial charge in [-0.2, -0.15) is 0 Å². The second-order valence-electron chi connectivity index (χ2n) is 4.32. The highest BCUT2D eigenvalue weighted by molar-refractivity contribution is 5.34. The fourth-order valence-corrected chi connectivity index (χ4v) is 1.93. The molecule has 1 aromatic rings. The van der Waals surface area contributed by atoms with Crippen LogP contribution in [0.15, 0.2) is 24.3 Å². The normalized spacial score (nSPS) is 28.9. The third kappa shape index (κ3) is 2.45. The minimum atomic E-state index is -0.799. The first-order valence-corrected chi connectivity index (χ1v) is 5.58. The van der Waals surface area contributed by atoms with E-state index >= 15 is 0 Å². The molecule has 0 bridgehead atoms. The van der Waals surface area contributed by atoms with Gasteiger partial charge in [0.1, 0.15) is 0 Å². The minimum absolute atomic E-state index is 0.0706. The van der Waals surface area contributed by atoms with Crippen molar-refractivity contribution in [3.63, 3.8) is 0 Å². The number of hydrogen-bond donors (Lipinski definition) is 0. The summed E-state index contributed by atoms with van der Waals surface area (Å²) in [5.74, 6) is -0.799. The summed E-state index contributed by atoms with van der Waals surface area (Å²) < 4.78 is 11.4. The highest BCUT2D eigenvalue weighted by Crippen LogP contribution is 2.33. The van der Waals surface area contributed by atoms with E-state index in [1.165, 1.54) is 12.1 Å². The van der Waals surface area contributed by atoms with E-state index in [1.807, 2.05) is 13.8 Å². The number of nitro benzene ring substituents is 1. The third-order valence-electron chi connectivity index (χ3n) is 2.93. The van der Waals surface area contributed by atoms with Gasteiger partial charge in [-0.05, 0) is 32.4 Å². The lowest BCUT2D eigenvalue weighted by Crippen LogP contribution is -2.38. The van der Waals surface area contributed by atoms with Gasteiger partial charge in [-0.3, -0.25) is 10.1 Å². The van der Waals surface area contributed by atoms with Crippen molar-refractivity contribution in [2.45, 2.75) is 32.2 Å². The molecule has 1 aliphatic heterocycles. The van der Waals surface area contributed by atoms with Crippen LogP contribution in [0.25, 0.3) is 0 Å². The lowest BCUT2D eigenvalue weighted by molar-refractivity contribution is -0.384. The Morgan fingerprint density at radius 1 is 1.41 bits per heavy atom. The summed E-state index contributed by atoms with van der Waals surface area (Å²) in [6, 6.07) is 6.28. The van der Waals surface area contributed by atoms with Crippen LogP contribution in [0.1, 0.15) is 25.8 Å². The van der Waals surface area contributed by atoms with Gasteiger partial charge in [0, 0.05) is 17.7 Å². The number of nitro groups is 1. The molecule has 92 valence electrons. The van der Waals surface area contributed by atoms with Gasteiger partial charge >= 0.3 is 0 Å². The molecular weight excluding hydrogens is 222 g/mol. The monoisotopic (exact) mass is 237 g/mol. The molecule has 17 heavy (non-hydrogen) atoms. The zero-order valence-corrected chi connectivity index (χ0v) is 9.88. The van der Waals surface area contributed by atoms with E-state index in [2.05, 4.69) is 0 Å². The second-order valence-corrected chi connectivity index (χ2v) is 4.32. The average molecular weight is 237 g/mol. The molecule has 1 aliphatic rings. The Bertz CT molecular complexity index is 417. The zero-order valence-electron chi connectivity index (χ0n) is 9.88. The average Bonchev–Trinajstić information content (AvgIpc) is 2.29. The molecule has 0 radical (unpaired) electrons. The standard InChI is InChI=1S/C12H15NO4/c1-9-7-8-16-12(2,17-9)10-3-5-11(6-4-10)13(14)15/h3-6,9H,7-8H2,1-2H3. The lowest BCUT2D eigenvalue weighted by Gasteiger charge is -2.37. The summed E-state index contributed by atoms with van der Waals surface area (Å²) in [4.78, 5) is 10.1. The Hall–Kier alpha value is -1.46. The van der Waals surface area contributed by atoms with Crippen molar-refractivity contribution in [1.29, 1.82) is 0 Å². The first-order chi connectivity index (χ1) is 8.01. The summed E-state index contributed by atoms with van der Waals surface area (Å²) in [6.07, 6.45) is 0.992. The number of ether oxygens (including phenoxy) is 2. The Balaban J connectivity index is 2.24. The van der Waals surface area contributed by atoms with Gasteiger partial charge in [0.05, 0.1) is 17.6 Å². The van der Waals surface area contributed by atoms with Gasteiger partial charge in [-0.1, -0.05) is 0 Å². The second kappa shape index (κ2) is 4.43. The Morgan fingerprint density at radius 3 is 2.59 bits per heavy atom. The van der Waals surface area contributed by atoms with Crippen LogP contribution >= 0.6 is 0 Å². The van der Waals surface area contributed by atoms with E-state index in [9.17, 15) is 10.1 Å². The molecule has 1 aromatic carbocycles. The van der Waals surface area contributed by atoms with Crippen molar-refractivity contribution in [2.75, 3.05) is 6.61 Å². The first kappa shape index (κ1) is 12.0. The third-order valence-corrected chi connectivity index (χ3v) is 2.93. The van der Waals surface area contributed by atoms with E-state index in [4.69, 9.17) is 9.47 Å². The number of non-ortho nitro benzene ring substituents is 1. The number of rotatable bonds is 2. The number of benzene rings is 1. The molecule has 1 fully saturated rings. The van der Waals surface area contributed by atoms with Gasteiger partial charge in [-0.25, -0.2) is 0 Å². The molecule has 0 aliphatic carbocycles. The molecule has 0 saturated carbocycles. The Labute approximate surface area is 99.5 Å². The number of nitrogens with zero attached hydrogens (tertiary/aromatic N) is 1.